The van der Waals surface area contributed by atoms with Crippen molar-refractivity contribution in [3.8, 4) is 0 Å². The molecule has 8 nitrogen and oxygen atoms in total. The van der Waals surface area contributed by atoms with Crippen molar-refractivity contribution in [1.29, 1.82) is 0 Å². The lowest BCUT2D eigenvalue weighted by atomic mass is 9.92. The summed E-state index contributed by atoms with van der Waals surface area (Å²) in [4.78, 5) is 39.4. The second-order valence-electron chi connectivity index (χ2n) is 6.49. The molecule has 0 spiro atoms. The largest absolute Gasteiger partial charge is 0.339 e. The Balaban J connectivity index is 1.73. The van der Waals surface area contributed by atoms with Crippen molar-refractivity contribution in [1.82, 2.24) is 15.1 Å². The van der Waals surface area contributed by atoms with Gasteiger partial charge in [-0.2, -0.15) is 0 Å². The molecular weight excluding hydrogens is 365 g/mol. The molecule has 0 aromatic heterocycles. The highest BCUT2D eigenvalue weighted by Gasteiger charge is 2.49. The topological polar surface area (TPSA) is 104 Å². The number of carbonyl (C=O) groups excluding carboxylic acids is 3. The Hall–Kier alpha value is -2.49. The van der Waals surface area contributed by atoms with E-state index in [1.165, 1.54) is 36.1 Å². The highest BCUT2D eigenvalue weighted by atomic mass is 32.2. The summed E-state index contributed by atoms with van der Waals surface area (Å²) in [5.41, 5.74) is -0.993. The van der Waals surface area contributed by atoms with Gasteiger partial charge in [-0.3, -0.25) is 14.5 Å². The van der Waals surface area contributed by atoms with Crippen LogP contribution in [0.4, 0.5) is 9.18 Å². The number of sulfone groups is 1. The molecule has 0 aliphatic carbocycles. The number of hydrogen-bond acceptors (Lipinski definition) is 5. The van der Waals surface area contributed by atoms with Gasteiger partial charge in [0.2, 0.25) is 5.91 Å². The van der Waals surface area contributed by atoms with Crippen LogP contribution in [-0.2, 0) is 25.0 Å². The molecule has 4 amide bonds. The van der Waals surface area contributed by atoms with Crippen LogP contribution in [0.3, 0.4) is 0 Å². The summed E-state index contributed by atoms with van der Waals surface area (Å²) in [6.45, 7) is 1.10. The van der Waals surface area contributed by atoms with Crippen LogP contribution in [0.2, 0.25) is 0 Å². The van der Waals surface area contributed by atoms with Gasteiger partial charge in [0, 0.05) is 13.1 Å². The maximum absolute atomic E-state index is 13.1. The van der Waals surface area contributed by atoms with Gasteiger partial charge >= 0.3 is 6.03 Å². The molecule has 1 aromatic carbocycles. The third kappa shape index (κ3) is 3.28. The second-order valence-corrected chi connectivity index (χ2v) is 8.79. The van der Waals surface area contributed by atoms with E-state index < -0.39 is 45.6 Å². The van der Waals surface area contributed by atoms with E-state index in [1.54, 1.807) is 0 Å². The number of amides is 4. The monoisotopic (exact) mass is 383 g/mol. The summed E-state index contributed by atoms with van der Waals surface area (Å²) >= 11 is 0. The minimum absolute atomic E-state index is 0.0417. The van der Waals surface area contributed by atoms with Crippen LogP contribution in [0.1, 0.15) is 12.5 Å². The molecule has 26 heavy (non-hydrogen) atoms. The molecule has 2 aliphatic heterocycles. The van der Waals surface area contributed by atoms with Crippen LogP contribution in [0, 0.1) is 5.82 Å². The average Bonchev–Trinajstić information content (AvgIpc) is 2.79. The molecule has 1 aromatic rings. The molecule has 1 unspecified atom stereocenters. The van der Waals surface area contributed by atoms with E-state index in [9.17, 15) is 27.2 Å². The Morgan fingerprint density at radius 1 is 1.19 bits per heavy atom. The van der Waals surface area contributed by atoms with Gasteiger partial charge in [-0.1, -0.05) is 12.1 Å². The number of carbonyl (C=O) groups is 3. The maximum Gasteiger partial charge on any atom is 0.325 e. The van der Waals surface area contributed by atoms with Gasteiger partial charge in [0.1, 0.15) is 17.9 Å². The van der Waals surface area contributed by atoms with Crippen LogP contribution >= 0.6 is 0 Å². The Morgan fingerprint density at radius 2 is 1.77 bits per heavy atom. The van der Waals surface area contributed by atoms with Crippen molar-refractivity contribution < 1.29 is 27.2 Å². The first-order valence-corrected chi connectivity index (χ1v) is 9.83. The number of nitrogens with zero attached hydrogens (tertiary/aromatic N) is 2. The summed E-state index contributed by atoms with van der Waals surface area (Å²) in [6.07, 6.45) is 0. The minimum atomic E-state index is -3.14. The highest BCUT2D eigenvalue weighted by molar-refractivity contribution is 7.91. The van der Waals surface area contributed by atoms with E-state index in [0.717, 1.165) is 4.90 Å². The van der Waals surface area contributed by atoms with Gasteiger partial charge in [-0.15, -0.1) is 0 Å². The van der Waals surface area contributed by atoms with Crippen LogP contribution in [0.5, 0.6) is 0 Å². The third-order valence-electron chi connectivity index (χ3n) is 4.69. The number of urea groups is 1. The van der Waals surface area contributed by atoms with E-state index in [1.807, 2.05) is 0 Å². The summed E-state index contributed by atoms with van der Waals surface area (Å²) in [6, 6.07) is 4.44. The highest BCUT2D eigenvalue weighted by Crippen LogP contribution is 2.29. The predicted octanol–water partition coefficient (Wildman–Crippen LogP) is -0.150. The number of rotatable bonds is 3. The van der Waals surface area contributed by atoms with Gasteiger partial charge in [0.15, 0.2) is 9.84 Å². The average molecular weight is 383 g/mol. The molecule has 2 saturated heterocycles. The second kappa shape index (κ2) is 6.35. The van der Waals surface area contributed by atoms with Gasteiger partial charge in [-0.05, 0) is 24.6 Å². The number of imide groups is 1. The van der Waals surface area contributed by atoms with Gasteiger partial charge < -0.3 is 10.2 Å². The van der Waals surface area contributed by atoms with Crippen molar-refractivity contribution in [3.05, 3.63) is 35.6 Å². The zero-order chi connectivity index (χ0) is 19.1. The van der Waals surface area contributed by atoms with Gasteiger partial charge in [0.05, 0.1) is 11.5 Å². The lowest BCUT2D eigenvalue weighted by Gasteiger charge is -2.28. The number of nitrogens with one attached hydrogen (secondary N) is 1. The molecule has 0 bridgehead atoms. The minimum Gasteiger partial charge on any atom is -0.339 e. The van der Waals surface area contributed by atoms with Crippen molar-refractivity contribution in [2.45, 2.75) is 12.5 Å². The lowest BCUT2D eigenvalue weighted by Crippen LogP contribution is -2.49. The zero-order valence-corrected chi connectivity index (χ0v) is 14.9. The standard InChI is InChI=1S/C16H18FN3O5S/c1-16(11-2-4-12(17)5-3-11)14(22)20(15(23)18-16)10-13(21)19-6-8-26(24,25)9-7-19/h2-5H,6-10H2,1H3,(H,18,23). The Kier molecular flexibility index (Phi) is 4.47. The molecule has 0 radical (unpaired) electrons. The fourth-order valence-corrected chi connectivity index (χ4v) is 4.22. The fraction of sp³-hybridized carbons (Fsp3) is 0.438. The molecule has 2 fully saturated rings. The quantitative estimate of drug-likeness (QED) is 0.731. The molecule has 10 heteroatoms. The smallest absolute Gasteiger partial charge is 0.325 e. The van der Waals surface area contributed by atoms with Crippen molar-refractivity contribution in [2.75, 3.05) is 31.1 Å². The van der Waals surface area contributed by atoms with Crippen molar-refractivity contribution >= 4 is 27.7 Å². The van der Waals surface area contributed by atoms with Crippen LogP contribution in [0.15, 0.2) is 24.3 Å². The summed E-state index contributed by atoms with van der Waals surface area (Å²) in [5, 5.41) is 2.54. The number of halogens is 1. The molecule has 2 heterocycles. The zero-order valence-electron chi connectivity index (χ0n) is 14.1. The normalized spacial score (nSPS) is 25.3. The molecule has 140 valence electrons. The first-order valence-electron chi connectivity index (χ1n) is 8.01. The number of benzene rings is 1. The molecule has 3 rings (SSSR count). The fourth-order valence-electron chi connectivity index (χ4n) is 3.02. The van der Waals surface area contributed by atoms with Crippen LogP contribution in [-0.4, -0.2) is 67.2 Å². The lowest BCUT2D eigenvalue weighted by molar-refractivity contribution is -0.138. The van der Waals surface area contributed by atoms with E-state index >= 15 is 0 Å². The Morgan fingerprint density at radius 3 is 2.35 bits per heavy atom. The maximum atomic E-state index is 13.1. The van der Waals surface area contributed by atoms with Crippen LogP contribution < -0.4 is 5.32 Å². The predicted molar refractivity (Wildman–Crippen MR) is 89.2 cm³/mol. The Labute approximate surface area is 149 Å². The van der Waals surface area contributed by atoms with E-state index in [4.69, 9.17) is 0 Å². The first kappa shape index (κ1) is 18.3. The molecule has 2 aliphatic rings. The summed E-state index contributed by atoms with van der Waals surface area (Å²) in [7, 11) is -3.14. The van der Waals surface area contributed by atoms with Crippen LogP contribution in [0.25, 0.3) is 0 Å². The van der Waals surface area contributed by atoms with Crippen molar-refractivity contribution in [2.24, 2.45) is 0 Å². The van der Waals surface area contributed by atoms with Gasteiger partial charge in [0.25, 0.3) is 5.91 Å². The van der Waals surface area contributed by atoms with Gasteiger partial charge in [-0.25, -0.2) is 17.6 Å². The SMILES string of the molecule is CC1(c2ccc(F)cc2)NC(=O)N(CC(=O)N2CCS(=O)(=O)CC2)C1=O. The molecule has 1 atom stereocenters. The summed E-state index contributed by atoms with van der Waals surface area (Å²) < 4.78 is 36.0. The first-order chi connectivity index (χ1) is 12.1. The summed E-state index contributed by atoms with van der Waals surface area (Å²) in [5.74, 6) is -1.85. The number of hydrogen-bond donors (Lipinski definition) is 1. The van der Waals surface area contributed by atoms with Crippen molar-refractivity contribution in [3.63, 3.8) is 0 Å². The van der Waals surface area contributed by atoms with E-state index in [2.05, 4.69) is 5.32 Å². The van der Waals surface area contributed by atoms with E-state index in [-0.39, 0.29) is 24.6 Å². The molecule has 1 N–H and O–H groups in total. The molecule has 0 saturated carbocycles. The third-order valence-corrected chi connectivity index (χ3v) is 6.30. The molecular formula is C16H18FN3O5S. The van der Waals surface area contributed by atoms with E-state index in [0.29, 0.717) is 5.56 Å². The Bertz CT molecular complexity index is 856.